The van der Waals surface area contributed by atoms with Crippen LogP contribution < -0.4 is 10.9 Å². The van der Waals surface area contributed by atoms with Gasteiger partial charge in [0.05, 0.1) is 29.2 Å². The lowest BCUT2D eigenvalue weighted by molar-refractivity contribution is 0.0934. The zero-order valence-electron chi connectivity index (χ0n) is 18.1. The first kappa shape index (κ1) is 22.1. The van der Waals surface area contributed by atoms with Crippen LogP contribution in [-0.2, 0) is 11.3 Å². The minimum atomic E-state index is -0.277. The lowest BCUT2D eigenvalue weighted by atomic mass is 10.1. The van der Waals surface area contributed by atoms with E-state index in [1.54, 1.807) is 35.7 Å². The Bertz CT molecular complexity index is 1260. The molecular weight excluding hydrogens is 424 g/mol. The number of imidazole rings is 1. The fraction of sp³-hybridized carbons (Fsp3) is 0.292. The molecule has 0 unspecified atom stereocenters. The van der Waals surface area contributed by atoms with Crippen LogP contribution in [0.25, 0.3) is 21.8 Å². The molecule has 32 heavy (non-hydrogen) atoms. The number of methoxy groups -OCH3 is 1. The Morgan fingerprint density at radius 3 is 2.69 bits per heavy atom. The Morgan fingerprint density at radius 1 is 1.19 bits per heavy atom. The predicted octanol–water partition coefficient (Wildman–Crippen LogP) is 3.75. The summed E-state index contributed by atoms with van der Waals surface area (Å²) in [5, 5.41) is 4.30. The number of ether oxygens (including phenoxy) is 1. The smallest absolute Gasteiger partial charge is 0.258 e. The first-order valence-corrected chi connectivity index (χ1v) is 11.9. The summed E-state index contributed by atoms with van der Waals surface area (Å²) < 4.78 is 6.67. The molecule has 2 aromatic heterocycles. The van der Waals surface area contributed by atoms with E-state index in [0.29, 0.717) is 29.5 Å². The summed E-state index contributed by atoms with van der Waals surface area (Å²) in [5.74, 6) is 1.36. The number of amides is 1. The summed E-state index contributed by atoms with van der Waals surface area (Å²) in [6.45, 7) is 0.758. The molecule has 1 amide bonds. The van der Waals surface area contributed by atoms with Crippen molar-refractivity contribution in [2.24, 2.45) is 0 Å². The molecule has 7 nitrogen and oxygen atoms in total. The fourth-order valence-corrected chi connectivity index (χ4v) is 4.24. The molecular formula is C24H26N4O3S. The van der Waals surface area contributed by atoms with Gasteiger partial charge in [0.25, 0.3) is 11.5 Å². The van der Waals surface area contributed by atoms with Gasteiger partial charge in [0, 0.05) is 30.6 Å². The van der Waals surface area contributed by atoms with Crippen molar-refractivity contribution in [2.75, 3.05) is 25.7 Å². The highest BCUT2D eigenvalue weighted by atomic mass is 32.2. The second-order valence-electron chi connectivity index (χ2n) is 7.53. The number of fused-ring (bicyclic) bond motifs is 2. The lowest BCUT2D eigenvalue weighted by Crippen LogP contribution is -2.32. The molecule has 1 atom stereocenters. The van der Waals surface area contributed by atoms with Gasteiger partial charge in [-0.1, -0.05) is 30.3 Å². The van der Waals surface area contributed by atoms with E-state index in [1.807, 2.05) is 48.7 Å². The van der Waals surface area contributed by atoms with E-state index >= 15 is 0 Å². The van der Waals surface area contributed by atoms with Crippen molar-refractivity contribution in [2.45, 2.75) is 19.0 Å². The van der Waals surface area contributed by atoms with Crippen molar-refractivity contribution in [1.82, 2.24) is 19.9 Å². The number of hydrogen-bond donors (Lipinski definition) is 2. The molecule has 0 spiro atoms. The molecule has 0 saturated carbocycles. The number of benzene rings is 2. The molecule has 2 N–H and O–H groups in total. The van der Waals surface area contributed by atoms with Crippen molar-refractivity contribution in [1.29, 1.82) is 0 Å². The molecule has 0 aliphatic carbocycles. The number of carbonyl (C=O) groups excluding carboxylic acids is 1. The van der Waals surface area contributed by atoms with E-state index < -0.39 is 0 Å². The molecule has 166 valence electrons. The normalized spacial score (nSPS) is 12.3. The number of carbonyl (C=O) groups is 1. The molecule has 4 rings (SSSR count). The monoisotopic (exact) mass is 450 g/mol. The summed E-state index contributed by atoms with van der Waals surface area (Å²) in [4.78, 5) is 34.3. The van der Waals surface area contributed by atoms with Crippen molar-refractivity contribution in [3.63, 3.8) is 0 Å². The summed E-state index contributed by atoms with van der Waals surface area (Å²) in [5.41, 5.74) is 2.13. The summed E-state index contributed by atoms with van der Waals surface area (Å²) in [6, 6.07) is 14.7. The zero-order valence-corrected chi connectivity index (χ0v) is 18.9. The quantitative estimate of drug-likeness (QED) is 0.405. The van der Waals surface area contributed by atoms with E-state index in [0.717, 1.165) is 29.0 Å². The highest BCUT2D eigenvalue weighted by Crippen LogP contribution is 2.22. The molecule has 8 heteroatoms. The van der Waals surface area contributed by atoms with Crippen molar-refractivity contribution in [3.05, 3.63) is 76.5 Å². The van der Waals surface area contributed by atoms with Gasteiger partial charge in [-0.05, 0) is 36.6 Å². The van der Waals surface area contributed by atoms with E-state index in [-0.39, 0.29) is 17.5 Å². The van der Waals surface area contributed by atoms with Crippen LogP contribution >= 0.6 is 11.8 Å². The van der Waals surface area contributed by atoms with Gasteiger partial charge in [-0.2, -0.15) is 11.8 Å². The third kappa shape index (κ3) is 4.56. The average Bonchev–Trinajstić information content (AvgIpc) is 3.25. The third-order valence-corrected chi connectivity index (χ3v) is 6.07. The average molecular weight is 451 g/mol. The number of aromatic nitrogens is 3. The van der Waals surface area contributed by atoms with Crippen molar-refractivity contribution < 1.29 is 9.53 Å². The van der Waals surface area contributed by atoms with E-state index in [1.165, 1.54) is 0 Å². The number of pyridine rings is 1. The number of rotatable bonds is 9. The van der Waals surface area contributed by atoms with E-state index in [9.17, 15) is 9.59 Å². The Balaban J connectivity index is 1.71. The van der Waals surface area contributed by atoms with Gasteiger partial charge in [0.2, 0.25) is 0 Å². The second-order valence-corrected chi connectivity index (χ2v) is 8.51. The van der Waals surface area contributed by atoms with Gasteiger partial charge >= 0.3 is 0 Å². The van der Waals surface area contributed by atoms with E-state index in [4.69, 9.17) is 9.72 Å². The Morgan fingerprint density at radius 2 is 1.94 bits per heavy atom. The van der Waals surface area contributed by atoms with Crippen LogP contribution in [0.1, 0.15) is 28.6 Å². The van der Waals surface area contributed by atoms with Crippen LogP contribution in [0.5, 0.6) is 0 Å². The molecule has 0 aliphatic rings. The van der Waals surface area contributed by atoms with Gasteiger partial charge in [-0.15, -0.1) is 0 Å². The fourth-order valence-electron chi connectivity index (χ4n) is 3.77. The number of nitrogens with one attached hydrogen (secondary N) is 2. The Labute approximate surface area is 190 Å². The molecule has 0 saturated heterocycles. The predicted molar refractivity (Wildman–Crippen MR) is 129 cm³/mol. The van der Waals surface area contributed by atoms with Gasteiger partial charge in [0.1, 0.15) is 5.82 Å². The summed E-state index contributed by atoms with van der Waals surface area (Å²) >= 11 is 1.72. The number of H-pyrrole nitrogens is 1. The lowest BCUT2D eigenvalue weighted by Gasteiger charge is -2.18. The van der Waals surface area contributed by atoms with Gasteiger partial charge in [-0.25, -0.2) is 4.98 Å². The molecule has 2 heterocycles. The molecule has 0 aliphatic heterocycles. The van der Waals surface area contributed by atoms with Crippen molar-refractivity contribution >= 4 is 39.5 Å². The van der Waals surface area contributed by atoms with Crippen molar-refractivity contribution in [3.8, 4) is 0 Å². The minimum absolute atomic E-state index is 0.134. The minimum Gasteiger partial charge on any atom is -0.383 e. The number of aromatic amines is 1. The standard InChI is InChI=1S/C24H26N4O3S/c1-31-13-12-28-15-18(16-7-3-4-8-17(16)24(28)30)23(29)27-21(11-14-32-2)22-25-19-9-5-6-10-20(19)26-22/h3-10,15,21H,11-14H2,1-2H3,(H,25,26)(H,27,29)/t21-/m1/s1. The number of para-hydroxylation sites is 2. The van der Waals surface area contributed by atoms with Crippen LogP contribution in [0.15, 0.2) is 59.5 Å². The van der Waals surface area contributed by atoms with Crippen LogP contribution in [0, 0.1) is 0 Å². The maximum atomic E-state index is 13.5. The maximum Gasteiger partial charge on any atom is 0.258 e. The largest absolute Gasteiger partial charge is 0.383 e. The van der Waals surface area contributed by atoms with Gasteiger partial charge < -0.3 is 19.6 Å². The Hall–Kier alpha value is -3.10. The molecule has 0 radical (unpaired) electrons. The number of thioether (sulfide) groups is 1. The maximum absolute atomic E-state index is 13.5. The summed E-state index contributed by atoms with van der Waals surface area (Å²) in [6.07, 6.45) is 4.40. The molecule has 4 aromatic rings. The second kappa shape index (κ2) is 10.0. The SMILES string of the molecule is COCCn1cc(C(=O)N[C@H](CCSC)c2nc3ccccc3[nH]2)c2ccccc2c1=O. The van der Waals surface area contributed by atoms with Crippen LogP contribution in [-0.4, -0.2) is 46.2 Å². The Kier molecular flexibility index (Phi) is 6.92. The third-order valence-electron chi connectivity index (χ3n) is 5.43. The number of hydrogen-bond acceptors (Lipinski definition) is 5. The highest BCUT2D eigenvalue weighted by Gasteiger charge is 2.21. The summed E-state index contributed by atoms with van der Waals surface area (Å²) in [7, 11) is 1.59. The van der Waals surface area contributed by atoms with Gasteiger partial charge in [-0.3, -0.25) is 9.59 Å². The molecule has 0 fully saturated rings. The zero-order chi connectivity index (χ0) is 22.5. The van der Waals surface area contributed by atoms with Crippen LogP contribution in [0.2, 0.25) is 0 Å². The van der Waals surface area contributed by atoms with Gasteiger partial charge in [0.15, 0.2) is 0 Å². The topological polar surface area (TPSA) is 89.0 Å². The van der Waals surface area contributed by atoms with Crippen LogP contribution in [0.3, 0.4) is 0 Å². The number of nitrogens with zero attached hydrogens (tertiary/aromatic N) is 2. The molecule has 0 bridgehead atoms. The highest BCUT2D eigenvalue weighted by molar-refractivity contribution is 7.98. The molecule has 2 aromatic carbocycles. The van der Waals surface area contributed by atoms with E-state index in [2.05, 4.69) is 10.3 Å². The first-order valence-electron chi connectivity index (χ1n) is 10.5. The first-order chi connectivity index (χ1) is 15.6. The van der Waals surface area contributed by atoms with Crippen LogP contribution in [0.4, 0.5) is 0 Å².